The first kappa shape index (κ1) is 15.1. The van der Waals surface area contributed by atoms with Crippen molar-refractivity contribution >= 4 is 23.6 Å². The number of carbonyl (C=O) groups is 2. The number of nitrogens with one attached hydrogen (secondary N) is 1. The molecule has 1 fully saturated rings. The Morgan fingerprint density at radius 2 is 2.11 bits per heavy atom. The molecule has 4 nitrogen and oxygen atoms in total. The maximum Gasteiger partial charge on any atom is 0.232 e. The highest BCUT2D eigenvalue weighted by atomic mass is 32.2. The van der Waals surface area contributed by atoms with Gasteiger partial charge in [0.25, 0.3) is 0 Å². The molecule has 102 valence electrons. The second-order valence-corrected chi connectivity index (χ2v) is 5.81. The highest BCUT2D eigenvalue weighted by Crippen LogP contribution is 2.13. The molecule has 0 saturated carbocycles. The number of piperidine rings is 1. The van der Waals surface area contributed by atoms with Gasteiger partial charge in [-0.1, -0.05) is 12.2 Å². The maximum absolute atomic E-state index is 12.0. The molecule has 0 bridgehead atoms. The molecule has 0 aromatic carbocycles. The van der Waals surface area contributed by atoms with Gasteiger partial charge in [-0.25, -0.2) is 0 Å². The van der Waals surface area contributed by atoms with Crippen molar-refractivity contribution in [3.8, 4) is 0 Å². The fourth-order valence-electron chi connectivity index (χ4n) is 2.01. The van der Waals surface area contributed by atoms with E-state index in [-0.39, 0.29) is 17.9 Å². The van der Waals surface area contributed by atoms with Crippen LogP contribution in [0.4, 0.5) is 0 Å². The zero-order chi connectivity index (χ0) is 13.5. The zero-order valence-corrected chi connectivity index (χ0v) is 12.0. The normalized spacial score (nSPS) is 19.4. The third-order valence-corrected chi connectivity index (χ3v) is 3.90. The lowest BCUT2D eigenvalue weighted by Crippen LogP contribution is -2.49. The number of amides is 2. The third kappa shape index (κ3) is 5.58. The number of thioether (sulfide) groups is 1. The molecular weight excluding hydrogens is 248 g/mol. The highest BCUT2D eigenvalue weighted by Gasteiger charge is 2.23. The van der Waals surface area contributed by atoms with Crippen molar-refractivity contribution in [3.63, 3.8) is 0 Å². The Balaban J connectivity index is 2.33. The molecule has 2 amide bonds. The predicted molar refractivity (Wildman–Crippen MR) is 75.6 cm³/mol. The quantitative estimate of drug-likeness (QED) is 0.769. The standard InChI is InChI=1S/C13H22N2O2S/c1-10(2)8-18-9-13(17)15-6-4-5-12(7-15)14-11(3)16/h12H,1,4-9H2,2-3H3,(H,14,16). The van der Waals surface area contributed by atoms with Crippen LogP contribution in [0.15, 0.2) is 12.2 Å². The smallest absolute Gasteiger partial charge is 0.232 e. The summed E-state index contributed by atoms with van der Waals surface area (Å²) >= 11 is 1.60. The van der Waals surface area contributed by atoms with Gasteiger partial charge in [-0.05, 0) is 19.8 Å². The van der Waals surface area contributed by atoms with Crippen LogP contribution in [0.3, 0.4) is 0 Å². The maximum atomic E-state index is 12.0. The van der Waals surface area contributed by atoms with Gasteiger partial charge in [0.15, 0.2) is 0 Å². The highest BCUT2D eigenvalue weighted by molar-refractivity contribution is 8.00. The fourth-order valence-corrected chi connectivity index (χ4v) is 2.82. The van der Waals surface area contributed by atoms with Gasteiger partial charge in [0.2, 0.25) is 11.8 Å². The Hall–Kier alpha value is -0.970. The van der Waals surface area contributed by atoms with Crippen molar-refractivity contribution in [2.45, 2.75) is 32.7 Å². The molecular formula is C13H22N2O2S. The molecule has 1 atom stereocenters. The molecule has 1 aliphatic rings. The van der Waals surface area contributed by atoms with Gasteiger partial charge in [0.1, 0.15) is 0 Å². The molecule has 0 aliphatic carbocycles. The lowest BCUT2D eigenvalue weighted by atomic mass is 10.1. The van der Waals surface area contributed by atoms with Gasteiger partial charge in [0, 0.05) is 31.8 Å². The van der Waals surface area contributed by atoms with Crippen molar-refractivity contribution < 1.29 is 9.59 Å². The van der Waals surface area contributed by atoms with E-state index in [0.717, 1.165) is 30.7 Å². The number of carbonyl (C=O) groups excluding carboxylic acids is 2. The van der Waals surface area contributed by atoms with E-state index in [2.05, 4.69) is 11.9 Å². The van der Waals surface area contributed by atoms with E-state index >= 15 is 0 Å². The molecule has 1 unspecified atom stereocenters. The Bertz CT molecular complexity index is 331. The summed E-state index contributed by atoms with van der Waals surface area (Å²) < 4.78 is 0. The van der Waals surface area contributed by atoms with Gasteiger partial charge in [-0.3, -0.25) is 9.59 Å². The van der Waals surface area contributed by atoms with E-state index < -0.39 is 0 Å². The largest absolute Gasteiger partial charge is 0.352 e. The molecule has 1 N–H and O–H groups in total. The van der Waals surface area contributed by atoms with Gasteiger partial charge in [0.05, 0.1) is 5.75 Å². The summed E-state index contributed by atoms with van der Waals surface area (Å²) in [6.45, 7) is 8.75. The number of likely N-dealkylation sites (tertiary alicyclic amines) is 1. The summed E-state index contributed by atoms with van der Waals surface area (Å²) in [5.74, 6) is 1.47. The summed E-state index contributed by atoms with van der Waals surface area (Å²) in [4.78, 5) is 24.8. The molecule has 0 spiro atoms. The van der Waals surface area contributed by atoms with Crippen LogP contribution in [0.5, 0.6) is 0 Å². The first-order chi connectivity index (χ1) is 8.49. The van der Waals surface area contributed by atoms with Crippen LogP contribution in [0.2, 0.25) is 0 Å². The number of rotatable bonds is 5. The molecule has 1 saturated heterocycles. The van der Waals surface area contributed by atoms with Crippen LogP contribution >= 0.6 is 11.8 Å². The minimum absolute atomic E-state index is 0.0223. The van der Waals surface area contributed by atoms with Crippen LogP contribution in [-0.4, -0.2) is 47.4 Å². The van der Waals surface area contributed by atoms with Crippen LogP contribution < -0.4 is 5.32 Å². The average Bonchev–Trinajstić information content (AvgIpc) is 2.27. The lowest BCUT2D eigenvalue weighted by molar-refractivity contribution is -0.130. The van der Waals surface area contributed by atoms with Gasteiger partial charge in [-0.15, -0.1) is 11.8 Å². The minimum Gasteiger partial charge on any atom is -0.352 e. The Labute approximate surface area is 113 Å². The van der Waals surface area contributed by atoms with Crippen molar-refractivity contribution in [1.29, 1.82) is 0 Å². The topological polar surface area (TPSA) is 49.4 Å². The average molecular weight is 270 g/mol. The monoisotopic (exact) mass is 270 g/mol. The molecule has 5 heteroatoms. The summed E-state index contributed by atoms with van der Waals surface area (Å²) in [5, 5.41) is 2.89. The molecule has 18 heavy (non-hydrogen) atoms. The number of hydrogen-bond donors (Lipinski definition) is 1. The van der Waals surface area contributed by atoms with Crippen LogP contribution in [0.25, 0.3) is 0 Å². The van der Waals surface area contributed by atoms with Crippen molar-refractivity contribution in [2.24, 2.45) is 0 Å². The molecule has 1 heterocycles. The Morgan fingerprint density at radius 1 is 1.39 bits per heavy atom. The molecule has 0 aromatic heterocycles. The van der Waals surface area contributed by atoms with Crippen molar-refractivity contribution in [1.82, 2.24) is 10.2 Å². The third-order valence-electron chi connectivity index (χ3n) is 2.76. The summed E-state index contributed by atoms with van der Waals surface area (Å²) in [6.07, 6.45) is 1.92. The first-order valence-corrected chi connectivity index (χ1v) is 7.41. The Kier molecular flexibility index (Phi) is 6.25. The van der Waals surface area contributed by atoms with Crippen molar-refractivity contribution in [2.75, 3.05) is 24.6 Å². The van der Waals surface area contributed by atoms with Crippen molar-refractivity contribution in [3.05, 3.63) is 12.2 Å². The predicted octanol–water partition coefficient (Wildman–Crippen LogP) is 1.42. The molecule has 1 rings (SSSR count). The molecule has 0 radical (unpaired) electrons. The second-order valence-electron chi connectivity index (χ2n) is 4.83. The SMILES string of the molecule is C=C(C)CSCC(=O)N1CCCC(NC(C)=O)C1. The molecule has 1 aliphatic heterocycles. The van der Waals surface area contributed by atoms with E-state index in [1.807, 2.05) is 11.8 Å². The van der Waals surface area contributed by atoms with Gasteiger partial charge in [-0.2, -0.15) is 0 Å². The first-order valence-electron chi connectivity index (χ1n) is 6.26. The van der Waals surface area contributed by atoms with E-state index in [1.54, 1.807) is 11.8 Å². The number of hydrogen-bond acceptors (Lipinski definition) is 3. The van der Waals surface area contributed by atoms with E-state index in [9.17, 15) is 9.59 Å². The van der Waals surface area contributed by atoms with Crippen LogP contribution in [0, 0.1) is 0 Å². The number of nitrogens with zero attached hydrogens (tertiary/aromatic N) is 1. The fraction of sp³-hybridized carbons (Fsp3) is 0.692. The summed E-state index contributed by atoms with van der Waals surface area (Å²) in [7, 11) is 0. The summed E-state index contributed by atoms with van der Waals surface area (Å²) in [6, 6.07) is 0.117. The minimum atomic E-state index is -0.0223. The van der Waals surface area contributed by atoms with Gasteiger partial charge < -0.3 is 10.2 Å². The van der Waals surface area contributed by atoms with E-state index in [4.69, 9.17) is 0 Å². The van der Waals surface area contributed by atoms with Gasteiger partial charge >= 0.3 is 0 Å². The summed E-state index contributed by atoms with van der Waals surface area (Å²) in [5.41, 5.74) is 1.09. The lowest BCUT2D eigenvalue weighted by Gasteiger charge is -2.33. The molecule has 0 aromatic rings. The van der Waals surface area contributed by atoms with E-state index in [0.29, 0.717) is 12.3 Å². The van der Waals surface area contributed by atoms with E-state index in [1.165, 1.54) is 6.92 Å². The second kappa shape index (κ2) is 7.46. The van der Waals surface area contributed by atoms with Crippen LogP contribution in [-0.2, 0) is 9.59 Å². The van der Waals surface area contributed by atoms with Crippen LogP contribution in [0.1, 0.15) is 26.7 Å². The zero-order valence-electron chi connectivity index (χ0n) is 11.2. The Morgan fingerprint density at radius 3 is 2.72 bits per heavy atom.